The third kappa shape index (κ3) is 3.84. The van der Waals surface area contributed by atoms with Crippen molar-refractivity contribution in [2.24, 2.45) is 5.41 Å². The molecular weight excluding hydrogens is 332 g/mol. The lowest BCUT2D eigenvalue weighted by atomic mass is 9.86. The molecular formula is C21H27ClN2O. The molecule has 0 aliphatic carbocycles. The van der Waals surface area contributed by atoms with E-state index in [0.717, 1.165) is 12.3 Å². The Balaban J connectivity index is 0.00000182. The van der Waals surface area contributed by atoms with Crippen LogP contribution in [0.1, 0.15) is 18.4 Å². The molecule has 4 rings (SSSR count). The number of rotatable bonds is 4. The van der Waals surface area contributed by atoms with E-state index in [1.54, 1.807) is 7.11 Å². The first-order valence-corrected chi connectivity index (χ1v) is 8.93. The molecule has 2 fully saturated rings. The van der Waals surface area contributed by atoms with Crippen molar-refractivity contribution in [2.45, 2.75) is 19.4 Å². The number of ether oxygens (including phenoxy) is 1. The van der Waals surface area contributed by atoms with Crippen LogP contribution in [0.25, 0.3) is 11.1 Å². The summed E-state index contributed by atoms with van der Waals surface area (Å²) < 4.78 is 5.62. The Hall–Kier alpha value is -1.55. The summed E-state index contributed by atoms with van der Waals surface area (Å²) >= 11 is 0. The van der Waals surface area contributed by atoms with Crippen molar-refractivity contribution in [3.8, 4) is 16.9 Å². The standard InChI is InChI=1S/C21H26N2O.ClH/c1-24-20-8-7-18(17-5-3-2-4-6-17)13-19(20)14-23-12-10-21(16-23)9-11-22-15-21;/h2-8,13,22H,9-12,14-16H2,1H3;1H. The molecule has 1 spiro atoms. The fourth-order valence-electron chi connectivity index (χ4n) is 4.26. The Morgan fingerprint density at radius 1 is 1.08 bits per heavy atom. The van der Waals surface area contributed by atoms with Gasteiger partial charge in [0, 0.05) is 25.2 Å². The molecule has 1 unspecified atom stereocenters. The van der Waals surface area contributed by atoms with Crippen molar-refractivity contribution >= 4 is 12.4 Å². The Morgan fingerprint density at radius 2 is 1.92 bits per heavy atom. The van der Waals surface area contributed by atoms with E-state index in [0.29, 0.717) is 5.41 Å². The second-order valence-corrected chi connectivity index (χ2v) is 7.28. The molecule has 2 saturated heterocycles. The lowest BCUT2D eigenvalue weighted by Gasteiger charge is -2.23. The maximum absolute atomic E-state index is 5.62. The molecule has 134 valence electrons. The summed E-state index contributed by atoms with van der Waals surface area (Å²) in [6.07, 6.45) is 2.64. The Labute approximate surface area is 156 Å². The molecule has 0 bridgehead atoms. The van der Waals surface area contributed by atoms with Crippen LogP contribution in [-0.4, -0.2) is 38.2 Å². The van der Waals surface area contributed by atoms with Crippen molar-refractivity contribution in [1.29, 1.82) is 0 Å². The number of nitrogens with zero attached hydrogens (tertiary/aromatic N) is 1. The molecule has 0 aromatic heterocycles. The lowest BCUT2D eigenvalue weighted by molar-refractivity contribution is 0.265. The number of likely N-dealkylation sites (tertiary alicyclic amines) is 1. The van der Waals surface area contributed by atoms with Crippen molar-refractivity contribution in [1.82, 2.24) is 10.2 Å². The smallest absolute Gasteiger partial charge is 0.123 e. The van der Waals surface area contributed by atoms with E-state index < -0.39 is 0 Å². The maximum Gasteiger partial charge on any atom is 0.123 e. The summed E-state index contributed by atoms with van der Waals surface area (Å²) in [5.41, 5.74) is 4.34. The van der Waals surface area contributed by atoms with E-state index in [-0.39, 0.29) is 12.4 Å². The molecule has 1 N–H and O–H groups in total. The third-order valence-electron chi connectivity index (χ3n) is 5.63. The van der Waals surface area contributed by atoms with Crippen LogP contribution < -0.4 is 10.1 Å². The SMILES string of the molecule is COc1ccc(-c2ccccc2)cc1CN1CCC2(CCNC2)C1.Cl. The average Bonchev–Trinajstić information content (AvgIpc) is 3.25. The molecule has 0 saturated carbocycles. The number of nitrogens with one attached hydrogen (secondary N) is 1. The van der Waals surface area contributed by atoms with Gasteiger partial charge in [-0.3, -0.25) is 4.90 Å². The monoisotopic (exact) mass is 358 g/mol. The van der Waals surface area contributed by atoms with E-state index >= 15 is 0 Å². The number of halogens is 1. The predicted molar refractivity (Wildman–Crippen MR) is 105 cm³/mol. The zero-order valence-electron chi connectivity index (χ0n) is 14.8. The van der Waals surface area contributed by atoms with Crippen molar-refractivity contribution < 1.29 is 4.74 Å². The summed E-state index contributed by atoms with van der Waals surface area (Å²) in [6, 6.07) is 17.2. The van der Waals surface area contributed by atoms with E-state index in [1.165, 1.54) is 55.7 Å². The van der Waals surface area contributed by atoms with Gasteiger partial charge >= 0.3 is 0 Å². The fraction of sp³-hybridized carbons (Fsp3) is 0.429. The minimum Gasteiger partial charge on any atom is -0.496 e. The van der Waals surface area contributed by atoms with Gasteiger partial charge in [-0.05, 0) is 54.6 Å². The van der Waals surface area contributed by atoms with Crippen LogP contribution in [-0.2, 0) is 6.54 Å². The second-order valence-electron chi connectivity index (χ2n) is 7.28. The van der Waals surface area contributed by atoms with Gasteiger partial charge in [-0.2, -0.15) is 0 Å². The van der Waals surface area contributed by atoms with Crippen LogP contribution in [0.5, 0.6) is 5.75 Å². The summed E-state index contributed by atoms with van der Waals surface area (Å²) in [7, 11) is 1.77. The lowest BCUT2D eigenvalue weighted by Crippen LogP contribution is -2.29. The van der Waals surface area contributed by atoms with Crippen molar-refractivity contribution in [2.75, 3.05) is 33.3 Å². The predicted octanol–water partition coefficient (Wildman–Crippen LogP) is 3.97. The van der Waals surface area contributed by atoms with Gasteiger partial charge in [0.25, 0.3) is 0 Å². The largest absolute Gasteiger partial charge is 0.496 e. The van der Waals surface area contributed by atoms with Crippen LogP contribution in [0.4, 0.5) is 0 Å². The highest BCUT2D eigenvalue weighted by Gasteiger charge is 2.40. The van der Waals surface area contributed by atoms with Gasteiger partial charge < -0.3 is 10.1 Å². The van der Waals surface area contributed by atoms with Crippen LogP contribution >= 0.6 is 12.4 Å². The first-order chi connectivity index (χ1) is 11.8. The van der Waals surface area contributed by atoms with Gasteiger partial charge in [0.05, 0.1) is 7.11 Å². The average molecular weight is 359 g/mol. The number of hydrogen-bond donors (Lipinski definition) is 1. The zero-order chi connectivity index (χ0) is 16.4. The maximum atomic E-state index is 5.62. The number of methoxy groups -OCH3 is 1. The highest BCUT2D eigenvalue weighted by molar-refractivity contribution is 5.85. The molecule has 2 aliphatic heterocycles. The Bertz CT molecular complexity index is 698. The molecule has 3 nitrogen and oxygen atoms in total. The molecule has 4 heteroatoms. The van der Waals surface area contributed by atoms with E-state index in [2.05, 4.69) is 58.7 Å². The molecule has 2 heterocycles. The van der Waals surface area contributed by atoms with Crippen molar-refractivity contribution in [3.63, 3.8) is 0 Å². The zero-order valence-corrected chi connectivity index (χ0v) is 15.6. The van der Waals surface area contributed by atoms with Gasteiger partial charge in [0.15, 0.2) is 0 Å². The summed E-state index contributed by atoms with van der Waals surface area (Å²) in [6.45, 7) is 5.75. The van der Waals surface area contributed by atoms with Gasteiger partial charge in [-0.1, -0.05) is 36.4 Å². The van der Waals surface area contributed by atoms with Crippen molar-refractivity contribution in [3.05, 3.63) is 54.1 Å². The van der Waals surface area contributed by atoms with Crippen LogP contribution in [0.3, 0.4) is 0 Å². The first-order valence-electron chi connectivity index (χ1n) is 8.93. The minimum absolute atomic E-state index is 0. The van der Waals surface area contributed by atoms with Gasteiger partial charge in [0.2, 0.25) is 0 Å². The molecule has 25 heavy (non-hydrogen) atoms. The number of hydrogen-bond acceptors (Lipinski definition) is 3. The van der Waals surface area contributed by atoms with E-state index in [9.17, 15) is 0 Å². The van der Waals surface area contributed by atoms with Gasteiger partial charge in [0.1, 0.15) is 5.75 Å². The van der Waals surface area contributed by atoms with Gasteiger partial charge in [-0.15, -0.1) is 12.4 Å². The molecule has 1 atom stereocenters. The normalized spacial score (nSPS) is 22.9. The van der Waals surface area contributed by atoms with Gasteiger partial charge in [-0.25, -0.2) is 0 Å². The number of benzene rings is 2. The fourth-order valence-corrected chi connectivity index (χ4v) is 4.26. The van der Waals surface area contributed by atoms with E-state index in [4.69, 9.17) is 4.74 Å². The molecule has 2 aromatic rings. The topological polar surface area (TPSA) is 24.5 Å². The highest BCUT2D eigenvalue weighted by atomic mass is 35.5. The molecule has 0 amide bonds. The molecule has 2 aliphatic rings. The Kier molecular flexibility index (Phi) is 5.67. The quantitative estimate of drug-likeness (QED) is 0.895. The third-order valence-corrected chi connectivity index (χ3v) is 5.63. The van der Waals surface area contributed by atoms with Crippen LogP contribution in [0.15, 0.2) is 48.5 Å². The molecule has 2 aromatic carbocycles. The first kappa shape index (κ1) is 18.2. The van der Waals surface area contributed by atoms with Crippen LogP contribution in [0, 0.1) is 5.41 Å². The van der Waals surface area contributed by atoms with E-state index in [1.807, 2.05) is 0 Å². The van der Waals surface area contributed by atoms with Crippen LogP contribution in [0.2, 0.25) is 0 Å². The molecule has 0 radical (unpaired) electrons. The second kappa shape index (κ2) is 7.77. The summed E-state index contributed by atoms with van der Waals surface area (Å²) in [4.78, 5) is 2.60. The minimum atomic E-state index is 0. The summed E-state index contributed by atoms with van der Waals surface area (Å²) in [5, 5.41) is 3.54. The highest BCUT2D eigenvalue weighted by Crippen LogP contribution is 2.37. The Morgan fingerprint density at radius 3 is 2.64 bits per heavy atom. The summed E-state index contributed by atoms with van der Waals surface area (Å²) in [5.74, 6) is 1.00.